The summed E-state index contributed by atoms with van der Waals surface area (Å²) in [4.78, 5) is 3.40. The summed E-state index contributed by atoms with van der Waals surface area (Å²) >= 11 is 3.34. The van der Waals surface area contributed by atoms with Crippen LogP contribution in [0.3, 0.4) is 0 Å². The van der Waals surface area contributed by atoms with Crippen molar-refractivity contribution in [2.75, 3.05) is 0 Å². The molecule has 0 radical (unpaired) electrons. The number of hydrogen-bond acceptors (Lipinski definition) is 0. The Labute approximate surface area is 126 Å². The van der Waals surface area contributed by atoms with E-state index in [1.54, 1.807) is 6.07 Å². The Kier molecular flexibility index (Phi) is 3.38. The van der Waals surface area contributed by atoms with E-state index in [4.69, 9.17) is 0 Å². The zero-order valence-corrected chi connectivity index (χ0v) is 13.0. The second-order valence-corrected chi connectivity index (χ2v) is 5.96. The van der Waals surface area contributed by atoms with Crippen LogP contribution in [0.5, 0.6) is 0 Å². The van der Waals surface area contributed by atoms with Crippen molar-refractivity contribution in [2.24, 2.45) is 0 Å². The molecular formula is C17H15BrFN. The number of halogens is 2. The number of benzene rings is 2. The number of hydrogen-bond donors (Lipinski definition) is 1. The fraction of sp³-hybridized carbons (Fsp3) is 0.176. The first-order valence-electron chi connectivity index (χ1n) is 6.57. The Bertz CT molecular complexity index is 789. The van der Waals surface area contributed by atoms with Crippen LogP contribution < -0.4 is 0 Å². The molecule has 0 unspecified atom stereocenters. The normalized spacial score (nSPS) is 11.2. The van der Waals surface area contributed by atoms with Gasteiger partial charge in [-0.2, -0.15) is 0 Å². The molecule has 0 saturated carbocycles. The van der Waals surface area contributed by atoms with Gasteiger partial charge in [-0.1, -0.05) is 23.8 Å². The Morgan fingerprint density at radius 1 is 1.15 bits per heavy atom. The minimum atomic E-state index is -0.212. The highest BCUT2D eigenvalue weighted by atomic mass is 79.9. The molecule has 1 N–H and O–H groups in total. The van der Waals surface area contributed by atoms with E-state index in [0.29, 0.717) is 10.9 Å². The summed E-state index contributed by atoms with van der Waals surface area (Å²) in [6.45, 7) is 4.15. The summed E-state index contributed by atoms with van der Waals surface area (Å²) in [6, 6.07) is 11.6. The lowest BCUT2D eigenvalue weighted by Crippen LogP contribution is -1.93. The lowest BCUT2D eigenvalue weighted by atomic mass is 10.0. The number of fused-ring (bicyclic) bond motifs is 1. The molecule has 1 nitrogen and oxygen atoms in total. The predicted octanol–water partition coefficient (Wildman–Crippen LogP) is 5.28. The molecule has 0 atom stereocenters. The van der Waals surface area contributed by atoms with Crippen LogP contribution in [0.2, 0.25) is 0 Å². The molecule has 0 aliphatic heterocycles. The van der Waals surface area contributed by atoms with E-state index in [1.807, 2.05) is 6.07 Å². The highest BCUT2D eigenvalue weighted by Crippen LogP contribution is 2.29. The van der Waals surface area contributed by atoms with Gasteiger partial charge in [0.25, 0.3) is 0 Å². The number of rotatable bonds is 2. The molecule has 0 fully saturated rings. The van der Waals surface area contributed by atoms with E-state index < -0.39 is 0 Å². The van der Waals surface area contributed by atoms with E-state index in [2.05, 4.69) is 53.0 Å². The van der Waals surface area contributed by atoms with Crippen LogP contribution in [0.1, 0.15) is 22.4 Å². The molecule has 3 aromatic rings. The van der Waals surface area contributed by atoms with Crippen molar-refractivity contribution in [3.63, 3.8) is 0 Å². The second-order valence-electron chi connectivity index (χ2n) is 5.17. The monoisotopic (exact) mass is 331 g/mol. The quantitative estimate of drug-likeness (QED) is 0.657. The van der Waals surface area contributed by atoms with Crippen molar-refractivity contribution < 1.29 is 4.39 Å². The zero-order chi connectivity index (χ0) is 14.3. The number of aromatic nitrogens is 1. The molecule has 0 spiro atoms. The minimum absolute atomic E-state index is 0.212. The molecule has 0 aliphatic carbocycles. The number of H-pyrrole nitrogens is 1. The van der Waals surface area contributed by atoms with Crippen LogP contribution in [0.25, 0.3) is 10.9 Å². The number of aryl methyl sites for hydroxylation is 2. The van der Waals surface area contributed by atoms with E-state index >= 15 is 0 Å². The minimum Gasteiger partial charge on any atom is -0.358 e. The Hall–Kier alpha value is -1.61. The van der Waals surface area contributed by atoms with Gasteiger partial charge in [0, 0.05) is 23.0 Å². The Morgan fingerprint density at radius 2 is 1.95 bits per heavy atom. The summed E-state index contributed by atoms with van der Waals surface area (Å²) in [7, 11) is 0. The highest BCUT2D eigenvalue weighted by molar-refractivity contribution is 9.10. The molecule has 20 heavy (non-hydrogen) atoms. The van der Waals surface area contributed by atoms with Crippen molar-refractivity contribution in [3.8, 4) is 0 Å². The molecule has 1 heterocycles. The third-order valence-corrected chi connectivity index (χ3v) is 4.56. The summed E-state index contributed by atoms with van der Waals surface area (Å²) < 4.78 is 14.2. The van der Waals surface area contributed by atoms with E-state index in [9.17, 15) is 4.39 Å². The lowest BCUT2D eigenvalue weighted by molar-refractivity contribution is 0.619. The van der Waals surface area contributed by atoms with Crippen LogP contribution in [0.15, 0.2) is 40.9 Å². The predicted molar refractivity (Wildman–Crippen MR) is 84.7 cm³/mol. The molecular weight excluding hydrogens is 317 g/mol. The van der Waals surface area contributed by atoms with Gasteiger partial charge in [0.15, 0.2) is 0 Å². The van der Waals surface area contributed by atoms with Gasteiger partial charge in [-0.25, -0.2) is 4.39 Å². The van der Waals surface area contributed by atoms with Crippen LogP contribution in [-0.2, 0) is 6.42 Å². The van der Waals surface area contributed by atoms with E-state index in [1.165, 1.54) is 22.6 Å². The van der Waals surface area contributed by atoms with Gasteiger partial charge < -0.3 is 4.98 Å². The third-order valence-electron chi connectivity index (χ3n) is 3.67. The van der Waals surface area contributed by atoms with Crippen LogP contribution >= 0.6 is 15.9 Å². The van der Waals surface area contributed by atoms with Crippen LogP contribution in [0, 0.1) is 19.7 Å². The maximum Gasteiger partial charge on any atom is 0.137 e. The average Bonchev–Trinajstić information content (AvgIpc) is 2.71. The Balaban J connectivity index is 2.13. The van der Waals surface area contributed by atoms with Crippen LogP contribution in [0.4, 0.5) is 4.39 Å². The first kappa shape index (κ1) is 13.4. The molecule has 3 heteroatoms. The van der Waals surface area contributed by atoms with E-state index in [0.717, 1.165) is 16.8 Å². The van der Waals surface area contributed by atoms with Gasteiger partial charge in [0.05, 0.1) is 4.47 Å². The van der Waals surface area contributed by atoms with Gasteiger partial charge in [-0.3, -0.25) is 0 Å². The molecule has 1 aromatic heterocycles. The first-order chi connectivity index (χ1) is 9.56. The molecule has 0 bridgehead atoms. The largest absolute Gasteiger partial charge is 0.358 e. The summed E-state index contributed by atoms with van der Waals surface area (Å²) in [5.74, 6) is -0.212. The van der Waals surface area contributed by atoms with Crippen molar-refractivity contribution >= 4 is 26.8 Å². The molecule has 0 aliphatic rings. The number of nitrogens with one attached hydrogen (secondary N) is 1. The average molecular weight is 332 g/mol. The van der Waals surface area contributed by atoms with E-state index in [-0.39, 0.29) is 5.82 Å². The summed E-state index contributed by atoms with van der Waals surface area (Å²) in [5, 5.41) is 1.22. The highest BCUT2D eigenvalue weighted by Gasteiger charge is 2.12. The fourth-order valence-corrected chi connectivity index (χ4v) is 3.00. The van der Waals surface area contributed by atoms with Gasteiger partial charge in [0.1, 0.15) is 5.82 Å². The maximum absolute atomic E-state index is 13.6. The second kappa shape index (κ2) is 5.06. The molecule has 2 aromatic carbocycles. The summed E-state index contributed by atoms with van der Waals surface area (Å²) in [6.07, 6.45) is 0.716. The third kappa shape index (κ3) is 2.27. The SMILES string of the molecule is Cc1ccc2[nH]c(C)c(Cc3cccc(F)c3Br)c2c1. The van der Waals surface area contributed by atoms with Crippen molar-refractivity contribution in [3.05, 3.63) is 69.1 Å². The zero-order valence-electron chi connectivity index (χ0n) is 11.4. The number of aromatic amines is 1. The fourth-order valence-electron chi connectivity index (χ4n) is 2.60. The smallest absolute Gasteiger partial charge is 0.137 e. The lowest BCUT2D eigenvalue weighted by Gasteiger charge is -2.06. The van der Waals surface area contributed by atoms with Gasteiger partial charge in [-0.15, -0.1) is 0 Å². The molecule has 102 valence electrons. The Morgan fingerprint density at radius 3 is 2.75 bits per heavy atom. The van der Waals surface area contributed by atoms with Crippen molar-refractivity contribution in [2.45, 2.75) is 20.3 Å². The topological polar surface area (TPSA) is 15.8 Å². The van der Waals surface area contributed by atoms with Crippen LogP contribution in [-0.4, -0.2) is 4.98 Å². The standard InChI is InChI=1S/C17H15BrFN/c1-10-6-7-16-14(8-10)13(11(2)20-16)9-12-4-3-5-15(19)17(12)18/h3-8,20H,9H2,1-2H3. The molecule has 0 amide bonds. The first-order valence-corrected chi connectivity index (χ1v) is 7.36. The van der Waals surface area contributed by atoms with Crippen molar-refractivity contribution in [1.29, 1.82) is 0 Å². The van der Waals surface area contributed by atoms with Gasteiger partial charge in [0.2, 0.25) is 0 Å². The molecule has 0 saturated heterocycles. The summed E-state index contributed by atoms with van der Waals surface area (Å²) in [5.41, 5.74) is 5.71. The van der Waals surface area contributed by atoms with Gasteiger partial charge in [-0.05, 0) is 59.1 Å². The maximum atomic E-state index is 13.6. The van der Waals surface area contributed by atoms with Crippen molar-refractivity contribution in [1.82, 2.24) is 4.98 Å². The molecule has 3 rings (SSSR count). The van der Waals surface area contributed by atoms with Gasteiger partial charge >= 0.3 is 0 Å².